The summed E-state index contributed by atoms with van der Waals surface area (Å²) in [5.41, 5.74) is 6.14. The van der Waals surface area contributed by atoms with E-state index in [0.29, 0.717) is 11.4 Å². The predicted octanol–water partition coefficient (Wildman–Crippen LogP) is 0.252. The van der Waals surface area contributed by atoms with Crippen molar-refractivity contribution in [3.63, 3.8) is 0 Å². The van der Waals surface area contributed by atoms with Gasteiger partial charge in [0.2, 0.25) is 11.8 Å². The number of nitrogens with one attached hydrogen (secondary N) is 3. The number of anilines is 2. The average molecular weight is 250 g/mol. The second-order valence-electron chi connectivity index (χ2n) is 3.52. The Bertz CT molecular complexity index is 456. The lowest BCUT2D eigenvalue weighted by molar-refractivity contribution is -0.118. The van der Waals surface area contributed by atoms with Crippen molar-refractivity contribution in [2.75, 3.05) is 17.2 Å². The minimum atomic E-state index is -0.886. The summed E-state index contributed by atoms with van der Waals surface area (Å²) in [4.78, 5) is 32.3. The molecule has 96 valence electrons. The Labute approximate surface area is 104 Å². The summed E-state index contributed by atoms with van der Waals surface area (Å²) < 4.78 is 0. The molecule has 18 heavy (non-hydrogen) atoms. The Balaban J connectivity index is 2.46. The topological polar surface area (TPSA) is 113 Å². The lowest BCUT2D eigenvalue weighted by atomic mass is 10.2. The first-order chi connectivity index (χ1) is 8.47. The minimum Gasteiger partial charge on any atom is -0.376 e. The molecule has 0 aliphatic rings. The highest BCUT2D eigenvalue weighted by molar-refractivity contribution is 5.95. The Kier molecular flexibility index (Phi) is 4.67. The van der Waals surface area contributed by atoms with Crippen molar-refractivity contribution in [2.45, 2.75) is 6.92 Å². The Morgan fingerprint density at radius 1 is 1.11 bits per heavy atom. The molecule has 0 atom stereocenters. The van der Waals surface area contributed by atoms with Crippen molar-refractivity contribution in [3.05, 3.63) is 24.3 Å². The molecule has 7 heteroatoms. The third-order valence-electron chi connectivity index (χ3n) is 1.92. The SMILES string of the molecule is CC(=O)Nc1ccc(NCC(=O)NC(N)=O)cc1. The fourth-order valence-corrected chi connectivity index (χ4v) is 1.24. The van der Waals surface area contributed by atoms with Crippen molar-refractivity contribution >= 4 is 29.2 Å². The van der Waals surface area contributed by atoms with Gasteiger partial charge in [0.05, 0.1) is 6.54 Å². The molecular formula is C11H14N4O3. The van der Waals surface area contributed by atoms with Gasteiger partial charge in [-0.05, 0) is 24.3 Å². The van der Waals surface area contributed by atoms with Crippen LogP contribution in [-0.4, -0.2) is 24.4 Å². The van der Waals surface area contributed by atoms with Crippen LogP contribution < -0.4 is 21.7 Å². The Hall–Kier alpha value is -2.57. The molecule has 0 aliphatic carbocycles. The number of rotatable bonds is 4. The average Bonchev–Trinajstić information content (AvgIpc) is 2.26. The molecule has 0 unspecified atom stereocenters. The van der Waals surface area contributed by atoms with Gasteiger partial charge in [0.15, 0.2) is 0 Å². The van der Waals surface area contributed by atoms with Crippen LogP contribution in [0.5, 0.6) is 0 Å². The fraction of sp³-hybridized carbons (Fsp3) is 0.182. The van der Waals surface area contributed by atoms with E-state index in [-0.39, 0.29) is 12.5 Å². The summed E-state index contributed by atoms with van der Waals surface area (Å²) in [5, 5.41) is 7.34. The number of hydrogen-bond acceptors (Lipinski definition) is 4. The van der Waals surface area contributed by atoms with Crippen molar-refractivity contribution in [2.24, 2.45) is 5.73 Å². The highest BCUT2D eigenvalue weighted by atomic mass is 16.2. The van der Waals surface area contributed by atoms with E-state index in [1.54, 1.807) is 24.3 Å². The molecule has 5 N–H and O–H groups in total. The Morgan fingerprint density at radius 3 is 2.17 bits per heavy atom. The lowest BCUT2D eigenvalue weighted by Crippen LogP contribution is -2.38. The molecule has 0 aromatic heterocycles. The van der Waals surface area contributed by atoms with E-state index in [4.69, 9.17) is 5.73 Å². The minimum absolute atomic E-state index is 0.0670. The van der Waals surface area contributed by atoms with Gasteiger partial charge in [0, 0.05) is 18.3 Å². The van der Waals surface area contributed by atoms with Crippen LogP contribution >= 0.6 is 0 Å². The summed E-state index contributed by atoms with van der Waals surface area (Å²) >= 11 is 0. The van der Waals surface area contributed by atoms with Crippen molar-refractivity contribution in [3.8, 4) is 0 Å². The maximum absolute atomic E-state index is 11.1. The number of carbonyl (C=O) groups is 3. The molecule has 0 aliphatic heterocycles. The van der Waals surface area contributed by atoms with Gasteiger partial charge in [-0.2, -0.15) is 0 Å². The number of primary amides is 1. The highest BCUT2D eigenvalue weighted by Gasteiger charge is 2.03. The third-order valence-corrected chi connectivity index (χ3v) is 1.92. The summed E-state index contributed by atoms with van der Waals surface area (Å²) in [6.45, 7) is 1.35. The first-order valence-electron chi connectivity index (χ1n) is 5.18. The van der Waals surface area contributed by atoms with E-state index in [1.165, 1.54) is 6.92 Å². The van der Waals surface area contributed by atoms with Crippen LogP contribution in [0.4, 0.5) is 16.2 Å². The first kappa shape index (κ1) is 13.5. The second kappa shape index (κ2) is 6.24. The number of carbonyl (C=O) groups excluding carboxylic acids is 3. The smallest absolute Gasteiger partial charge is 0.318 e. The molecule has 0 spiro atoms. The summed E-state index contributed by atoms with van der Waals surface area (Å²) in [7, 11) is 0. The van der Waals surface area contributed by atoms with Gasteiger partial charge >= 0.3 is 6.03 Å². The highest BCUT2D eigenvalue weighted by Crippen LogP contribution is 2.12. The molecule has 1 aromatic carbocycles. The van der Waals surface area contributed by atoms with Crippen molar-refractivity contribution < 1.29 is 14.4 Å². The van der Waals surface area contributed by atoms with E-state index < -0.39 is 11.9 Å². The second-order valence-corrected chi connectivity index (χ2v) is 3.52. The molecule has 4 amide bonds. The predicted molar refractivity (Wildman–Crippen MR) is 67.0 cm³/mol. The molecular weight excluding hydrogens is 236 g/mol. The van der Waals surface area contributed by atoms with E-state index in [1.807, 2.05) is 5.32 Å². The number of nitrogens with two attached hydrogens (primary N) is 1. The van der Waals surface area contributed by atoms with E-state index in [9.17, 15) is 14.4 Å². The number of benzene rings is 1. The molecule has 0 heterocycles. The lowest BCUT2D eigenvalue weighted by Gasteiger charge is -2.07. The molecule has 1 rings (SSSR count). The van der Waals surface area contributed by atoms with Gasteiger partial charge in [-0.25, -0.2) is 4.79 Å². The largest absolute Gasteiger partial charge is 0.376 e. The van der Waals surface area contributed by atoms with Crippen LogP contribution in [0, 0.1) is 0 Å². The van der Waals surface area contributed by atoms with E-state index in [0.717, 1.165) is 0 Å². The molecule has 0 saturated carbocycles. The normalized spacial score (nSPS) is 9.39. The molecule has 1 aromatic rings. The Morgan fingerprint density at radius 2 is 1.67 bits per heavy atom. The van der Waals surface area contributed by atoms with Crippen LogP contribution in [-0.2, 0) is 9.59 Å². The van der Waals surface area contributed by atoms with Crippen LogP contribution in [0.15, 0.2) is 24.3 Å². The monoisotopic (exact) mass is 250 g/mol. The molecule has 0 fully saturated rings. The first-order valence-corrected chi connectivity index (χ1v) is 5.18. The summed E-state index contributed by atoms with van der Waals surface area (Å²) in [6.07, 6.45) is 0. The standard InChI is InChI=1S/C11H14N4O3/c1-7(16)14-9-4-2-8(3-5-9)13-6-10(17)15-11(12)18/h2-5,13H,6H2,1H3,(H,14,16)(H3,12,15,17,18). The third kappa shape index (κ3) is 4.97. The molecule has 7 nitrogen and oxygen atoms in total. The van der Waals surface area contributed by atoms with Crippen LogP contribution in [0.1, 0.15) is 6.92 Å². The van der Waals surface area contributed by atoms with Gasteiger partial charge < -0.3 is 16.4 Å². The molecule has 0 saturated heterocycles. The van der Waals surface area contributed by atoms with Gasteiger partial charge in [-0.15, -0.1) is 0 Å². The van der Waals surface area contributed by atoms with Crippen molar-refractivity contribution in [1.29, 1.82) is 0 Å². The van der Waals surface area contributed by atoms with E-state index >= 15 is 0 Å². The van der Waals surface area contributed by atoms with Gasteiger partial charge in [0.25, 0.3) is 0 Å². The number of amides is 4. The van der Waals surface area contributed by atoms with Crippen LogP contribution in [0.3, 0.4) is 0 Å². The van der Waals surface area contributed by atoms with Gasteiger partial charge in [-0.3, -0.25) is 14.9 Å². The van der Waals surface area contributed by atoms with Gasteiger partial charge in [0.1, 0.15) is 0 Å². The summed E-state index contributed by atoms with van der Waals surface area (Å²) in [5.74, 6) is -0.676. The maximum Gasteiger partial charge on any atom is 0.318 e. The molecule has 0 radical (unpaired) electrons. The number of hydrogen-bond donors (Lipinski definition) is 4. The number of urea groups is 1. The maximum atomic E-state index is 11.1. The summed E-state index contributed by atoms with van der Waals surface area (Å²) in [6, 6.07) is 5.89. The van der Waals surface area contributed by atoms with Gasteiger partial charge in [-0.1, -0.05) is 0 Å². The zero-order valence-electron chi connectivity index (χ0n) is 9.82. The fourth-order valence-electron chi connectivity index (χ4n) is 1.24. The van der Waals surface area contributed by atoms with Crippen LogP contribution in [0.25, 0.3) is 0 Å². The number of imide groups is 1. The molecule has 0 bridgehead atoms. The quantitative estimate of drug-likeness (QED) is 0.613. The zero-order valence-corrected chi connectivity index (χ0v) is 9.82. The zero-order chi connectivity index (χ0) is 13.5. The van der Waals surface area contributed by atoms with Crippen LogP contribution in [0.2, 0.25) is 0 Å². The van der Waals surface area contributed by atoms with Crippen molar-refractivity contribution in [1.82, 2.24) is 5.32 Å². The van der Waals surface area contributed by atoms with E-state index in [2.05, 4.69) is 10.6 Å².